The molecule has 0 fully saturated rings. The number of carbonyl (C=O) groups is 1. The standard InChI is InChI=1S/C16H17N3O6S/c1-25-12-7-8-14(15(11-12)19(21)22)18-16(20)9-10-17-26(23,24)13-5-3-2-4-6-13/h2-8,11,17H,9-10H2,1H3,(H,18,20). The van der Waals surface area contributed by atoms with Crippen LogP contribution in [0.3, 0.4) is 0 Å². The molecule has 2 N–H and O–H groups in total. The zero-order valence-corrected chi connectivity index (χ0v) is 14.7. The van der Waals surface area contributed by atoms with E-state index in [0.717, 1.165) is 0 Å². The van der Waals surface area contributed by atoms with Gasteiger partial charge >= 0.3 is 0 Å². The topological polar surface area (TPSA) is 128 Å². The third-order valence-electron chi connectivity index (χ3n) is 3.37. The van der Waals surface area contributed by atoms with Crippen molar-refractivity contribution in [2.24, 2.45) is 0 Å². The summed E-state index contributed by atoms with van der Waals surface area (Å²) in [5.41, 5.74) is -0.311. The Kier molecular flexibility index (Phi) is 6.26. The minimum Gasteiger partial charge on any atom is -0.496 e. The molecule has 2 aromatic carbocycles. The Morgan fingerprint density at radius 3 is 2.50 bits per heavy atom. The van der Waals surface area contributed by atoms with Crippen LogP contribution in [0.1, 0.15) is 6.42 Å². The number of nitro groups is 1. The average Bonchev–Trinajstić information content (AvgIpc) is 2.62. The van der Waals surface area contributed by atoms with Crippen molar-refractivity contribution in [1.29, 1.82) is 0 Å². The number of carbonyl (C=O) groups excluding carboxylic acids is 1. The Morgan fingerprint density at radius 1 is 1.19 bits per heavy atom. The first-order valence-corrected chi connectivity index (χ1v) is 8.99. The summed E-state index contributed by atoms with van der Waals surface area (Å²) >= 11 is 0. The summed E-state index contributed by atoms with van der Waals surface area (Å²) in [6.07, 6.45) is -0.185. The van der Waals surface area contributed by atoms with E-state index in [-0.39, 0.29) is 35.0 Å². The van der Waals surface area contributed by atoms with Gasteiger partial charge in [0.05, 0.1) is 23.0 Å². The molecule has 0 aliphatic heterocycles. The third kappa shape index (κ3) is 5.01. The van der Waals surface area contributed by atoms with Gasteiger partial charge in [0.1, 0.15) is 11.4 Å². The minimum absolute atomic E-state index is 0.00622. The second-order valence-electron chi connectivity index (χ2n) is 5.15. The minimum atomic E-state index is -3.71. The lowest BCUT2D eigenvalue weighted by atomic mass is 10.2. The van der Waals surface area contributed by atoms with Crippen LogP contribution >= 0.6 is 0 Å². The molecular formula is C16H17N3O6S. The van der Waals surface area contributed by atoms with Gasteiger partial charge in [-0.1, -0.05) is 18.2 Å². The van der Waals surface area contributed by atoms with Crippen LogP contribution < -0.4 is 14.8 Å². The van der Waals surface area contributed by atoms with Crippen molar-refractivity contribution in [3.63, 3.8) is 0 Å². The number of nitrogens with one attached hydrogen (secondary N) is 2. The van der Waals surface area contributed by atoms with Crippen LogP contribution in [0.2, 0.25) is 0 Å². The van der Waals surface area contributed by atoms with E-state index in [4.69, 9.17) is 4.74 Å². The molecule has 0 heterocycles. The lowest BCUT2D eigenvalue weighted by molar-refractivity contribution is -0.384. The quantitative estimate of drug-likeness (QED) is 0.533. The molecule has 9 nitrogen and oxygen atoms in total. The first-order chi connectivity index (χ1) is 12.3. The number of nitro benzene ring substituents is 1. The van der Waals surface area contributed by atoms with Crippen molar-refractivity contribution in [2.75, 3.05) is 19.0 Å². The van der Waals surface area contributed by atoms with Gasteiger partial charge in [-0.2, -0.15) is 0 Å². The average molecular weight is 379 g/mol. The molecule has 0 bridgehead atoms. The number of methoxy groups -OCH3 is 1. The molecule has 138 valence electrons. The molecule has 0 aromatic heterocycles. The molecule has 0 aliphatic rings. The van der Waals surface area contributed by atoms with E-state index in [9.17, 15) is 23.3 Å². The summed E-state index contributed by atoms with van der Waals surface area (Å²) in [5.74, 6) is -0.278. The van der Waals surface area contributed by atoms with Crippen LogP contribution in [-0.2, 0) is 14.8 Å². The molecule has 0 aliphatic carbocycles. The number of anilines is 1. The van der Waals surface area contributed by atoms with E-state index in [1.165, 1.54) is 37.4 Å². The van der Waals surface area contributed by atoms with E-state index in [1.807, 2.05) is 0 Å². The number of hydrogen-bond acceptors (Lipinski definition) is 6. The van der Waals surface area contributed by atoms with E-state index < -0.39 is 20.9 Å². The van der Waals surface area contributed by atoms with Crippen LogP contribution in [0, 0.1) is 10.1 Å². The van der Waals surface area contributed by atoms with Crippen LogP contribution in [0.25, 0.3) is 0 Å². The largest absolute Gasteiger partial charge is 0.496 e. The lowest BCUT2D eigenvalue weighted by Gasteiger charge is -2.09. The van der Waals surface area contributed by atoms with E-state index in [0.29, 0.717) is 0 Å². The molecule has 1 amide bonds. The van der Waals surface area contributed by atoms with Gasteiger partial charge in [-0.3, -0.25) is 14.9 Å². The highest BCUT2D eigenvalue weighted by molar-refractivity contribution is 7.89. The second kappa shape index (κ2) is 8.41. The van der Waals surface area contributed by atoms with Crippen molar-refractivity contribution in [2.45, 2.75) is 11.3 Å². The third-order valence-corrected chi connectivity index (χ3v) is 4.85. The number of nitrogens with zero attached hydrogens (tertiary/aromatic N) is 1. The smallest absolute Gasteiger partial charge is 0.296 e. The predicted molar refractivity (Wildman–Crippen MR) is 94.5 cm³/mol. The summed E-state index contributed by atoms with van der Waals surface area (Å²) in [5, 5.41) is 13.5. The zero-order chi connectivity index (χ0) is 19.2. The molecular weight excluding hydrogens is 362 g/mol. The fraction of sp³-hybridized carbons (Fsp3) is 0.188. The molecule has 26 heavy (non-hydrogen) atoms. The highest BCUT2D eigenvalue weighted by Crippen LogP contribution is 2.28. The molecule has 10 heteroatoms. The molecule has 2 rings (SSSR count). The first-order valence-electron chi connectivity index (χ1n) is 7.50. The van der Waals surface area contributed by atoms with E-state index >= 15 is 0 Å². The Hall–Kier alpha value is -2.98. The van der Waals surface area contributed by atoms with Crippen molar-refractivity contribution >= 4 is 27.3 Å². The molecule has 0 saturated heterocycles. The highest BCUT2D eigenvalue weighted by atomic mass is 32.2. The number of hydrogen-bond donors (Lipinski definition) is 2. The van der Waals surface area contributed by atoms with Gasteiger partial charge in [0.25, 0.3) is 5.69 Å². The maximum atomic E-state index is 12.0. The molecule has 0 spiro atoms. The Labute approximate surface area is 150 Å². The maximum absolute atomic E-state index is 12.0. The summed E-state index contributed by atoms with van der Waals surface area (Å²) in [6, 6.07) is 11.7. The van der Waals surface area contributed by atoms with Crippen molar-refractivity contribution in [3.8, 4) is 5.75 Å². The SMILES string of the molecule is COc1ccc(NC(=O)CCNS(=O)(=O)c2ccccc2)c([N+](=O)[O-])c1. The van der Waals surface area contributed by atoms with Gasteiger partial charge < -0.3 is 10.1 Å². The second-order valence-corrected chi connectivity index (χ2v) is 6.92. The number of sulfonamides is 1. The van der Waals surface area contributed by atoms with Crippen molar-refractivity contribution < 1.29 is 22.9 Å². The van der Waals surface area contributed by atoms with Crippen molar-refractivity contribution in [3.05, 3.63) is 58.6 Å². The summed E-state index contributed by atoms with van der Waals surface area (Å²) in [4.78, 5) is 22.5. The van der Waals surface area contributed by atoms with Gasteiger partial charge in [0, 0.05) is 13.0 Å². The van der Waals surface area contributed by atoms with Gasteiger partial charge in [0.2, 0.25) is 15.9 Å². The van der Waals surface area contributed by atoms with E-state index in [1.54, 1.807) is 18.2 Å². The predicted octanol–water partition coefficient (Wildman–Crippen LogP) is 1.91. The zero-order valence-electron chi connectivity index (χ0n) is 13.8. The highest BCUT2D eigenvalue weighted by Gasteiger charge is 2.18. The van der Waals surface area contributed by atoms with Gasteiger partial charge in [-0.15, -0.1) is 0 Å². The summed E-state index contributed by atoms with van der Waals surface area (Å²) in [6.45, 7) is -0.146. The lowest BCUT2D eigenvalue weighted by Crippen LogP contribution is -2.27. The molecule has 0 atom stereocenters. The number of benzene rings is 2. The number of amides is 1. The maximum Gasteiger partial charge on any atom is 0.296 e. The Morgan fingerprint density at radius 2 is 1.88 bits per heavy atom. The molecule has 0 unspecified atom stereocenters. The van der Waals surface area contributed by atoms with E-state index in [2.05, 4.69) is 10.0 Å². The fourth-order valence-electron chi connectivity index (χ4n) is 2.09. The number of ether oxygens (including phenoxy) is 1. The summed E-state index contributed by atoms with van der Waals surface area (Å²) in [7, 11) is -2.34. The van der Waals surface area contributed by atoms with Gasteiger partial charge in [0.15, 0.2) is 0 Å². The normalized spacial score (nSPS) is 11.0. The molecule has 2 aromatic rings. The van der Waals surface area contributed by atoms with Crippen LogP contribution in [0.15, 0.2) is 53.4 Å². The van der Waals surface area contributed by atoms with Crippen LogP contribution in [-0.4, -0.2) is 32.9 Å². The monoisotopic (exact) mass is 379 g/mol. The Bertz CT molecular complexity index is 899. The first kappa shape index (κ1) is 19.3. The summed E-state index contributed by atoms with van der Waals surface area (Å²) < 4.78 is 31.3. The van der Waals surface area contributed by atoms with Gasteiger partial charge in [-0.05, 0) is 24.3 Å². The van der Waals surface area contributed by atoms with Crippen molar-refractivity contribution in [1.82, 2.24) is 4.72 Å². The van der Waals surface area contributed by atoms with Crippen LogP contribution in [0.5, 0.6) is 5.75 Å². The van der Waals surface area contributed by atoms with Crippen LogP contribution in [0.4, 0.5) is 11.4 Å². The molecule has 0 saturated carbocycles. The van der Waals surface area contributed by atoms with Gasteiger partial charge in [-0.25, -0.2) is 13.1 Å². The Balaban J connectivity index is 1.96. The number of rotatable bonds is 8. The molecule has 0 radical (unpaired) electrons. The fourth-order valence-corrected chi connectivity index (χ4v) is 3.14.